The highest BCUT2D eigenvalue weighted by Crippen LogP contribution is 2.25. The number of para-hydroxylation sites is 1. The third-order valence-electron chi connectivity index (χ3n) is 4.64. The predicted molar refractivity (Wildman–Crippen MR) is 105 cm³/mol. The van der Waals surface area contributed by atoms with Crippen molar-refractivity contribution in [1.82, 2.24) is 14.6 Å². The number of piperidine rings is 1. The van der Waals surface area contributed by atoms with Crippen LogP contribution in [-0.4, -0.2) is 43.2 Å². The summed E-state index contributed by atoms with van der Waals surface area (Å²) in [6, 6.07) is 12.2. The van der Waals surface area contributed by atoms with E-state index in [0.29, 0.717) is 44.1 Å². The molecule has 0 unspecified atom stereocenters. The molecule has 2 aromatic rings. The number of nitrogens with one attached hydrogen (secondary N) is 1. The summed E-state index contributed by atoms with van der Waals surface area (Å²) in [4.78, 5) is 15.5. The summed E-state index contributed by atoms with van der Waals surface area (Å²) in [6.45, 7) is 4.78. The highest BCUT2D eigenvalue weighted by Gasteiger charge is 2.29. The number of rotatable bonds is 7. The second-order valence-electron chi connectivity index (χ2n) is 6.54. The van der Waals surface area contributed by atoms with Gasteiger partial charge in [0, 0.05) is 25.7 Å². The average Bonchev–Trinajstić information content (AvgIpc) is 2.73. The summed E-state index contributed by atoms with van der Waals surface area (Å²) in [6.07, 6.45) is 3.94. The van der Waals surface area contributed by atoms with Crippen LogP contribution in [0, 0.1) is 5.92 Å². The van der Waals surface area contributed by atoms with Gasteiger partial charge in [0.2, 0.25) is 21.8 Å². The Morgan fingerprint density at radius 2 is 1.93 bits per heavy atom. The van der Waals surface area contributed by atoms with E-state index in [-0.39, 0.29) is 16.7 Å². The zero-order chi connectivity index (χ0) is 20.0. The largest absolute Gasteiger partial charge is 0.439 e. The summed E-state index contributed by atoms with van der Waals surface area (Å²) < 4.78 is 32.7. The number of hydrogen-bond donors (Lipinski definition) is 1. The summed E-state index contributed by atoms with van der Waals surface area (Å²) in [5.74, 6) is 1.02. The van der Waals surface area contributed by atoms with E-state index in [1.165, 1.54) is 22.6 Å². The standard InChI is InChI=1S/C20H23N3O4S/c1-2-19(24)21-14-16-10-12-23(13-11-16)28(25,26)18-8-9-20(22-15-18)27-17-6-4-3-5-7-17/h2-9,15-16H,1,10-14H2,(H,21,24). The van der Waals surface area contributed by atoms with Crippen molar-refractivity contribution < 1.29 is 17.9 Å². The van der Waals surface area contributed by atoms with E-state index in [4.69, 9.17) is 4.74 Å². The Morgan fingerprint density at radius 1 is 1.21 bits per heavy atom. The third-order valence-corrected chi connectivity index (χ3v) is 6.52. The Hall–Kier alpha value is -2.71. The second kappa shape index (κ2) is 8.99. The molecule has 0 saturated carbocycles. The quantitative estimate of drug-likeness (QED) is 0.721. The number of carbonyl (C=O) groups excluding carboxylic acids is 1. The Morgan fingerprint density at radius 3 is 2.54 bits per heavy atom. The number of amides is 1. The number of carbonyl (C=O) groups is 1. The number of pyridine rings is 1. The van der Waals surface area contributed by atoms with E-state index in [2.05, 4.69) is 16.9 Å². The fourth-order valence-electron chi connectivity index (χ4n) is 3.01. The van der Waals surface area contributed by atoms with Crippen LogP contribution in [0.4, 0.5) is 0 Å². The monoisotopic (exact) mass is 401 g/mol. The SMILES string of the molecule is C=CC(=O)NCC1CCN(S(=O)(=O)c2ccc(Oc3ccccc3)nc2)CC1. The topological polar surface area (TPSA) is 88.6 Å². The molecule has 1 saturated heterocycles. The van der Waals surface area contributed by atoms with Crippen LogP contribution in [0.1, 0.15) is 12.8 Å². The lowest BCUT2D eigenvalue weighted by molar-refractivity contribution is -0.116. The molecule has 1 aliphatic heterocycles. The molecule has 0 atom stereocenters. The van der Waals surface area contributed by atoms with E-state index in [1.807, 2.05) is 18.2 Å². The molecule has 0 spiro atoms. The first kappa shape index (κ1) is 20.0. The zero-order valence-corrected chi connectivity index (χ0v) is 16.3. The van der Waals surface area contributed by atoms with Gasteiger partial charge in [-0.25, -0.2) is 13.4 Å². The van der Waals surface area contributed by atoms with Gasteiger partial charge in [0.05, 0.1) is 6.20 Å². The van der Waals surface area contributed by atoms with Gasteiger partial charge in [-0.3, -0.25) is 4.79 Å². The van der Waals surface area contributed by atoms with Crippen LogP contribution in [0.25, 0.3) is 0 Å². The van der Waals surface area contributed by atoms with Gasteiger partial charge in [-0.05, 0) is 43.0 Å². The normalized spacial score (nSPS) is 15.7. The summed E-state index contributed by atoms with van der Waals surface area (Å²) >= 11 is 0. The van der Waals surface area contributed by atoms with E-state index in [1.54, 1.807) is 18.2 Å². The summed E-state index contributed by atoms with van der Waals surface area (Å²) in [7, 11) is -3.60. The van der Waals surface area contributed by atoms with E-state index >= 15 is 0 Å². The maximum absolute atomic E-state index is 12.8. The van der Waals surface area contributed by atoms with Crippen molar-refractivity contribution in [3.63, 3.8) is 0 Å². The van der Waals surface area contributed by atoms with E-state index in [0.717, 1.165) is 0 Å². The van der Waals surface area contributed by atoms with Crippen LogP contribution >= 0.6 is 0 Å². The molecule has 148 valence electrons. The highest BCUT2D eigenvalue weighted by atomic mass is 32.2. The number of benzene rings is 1. The fourth-order valence-corrected chi connectivity index (χ4v) is 4.42. The summed E-state index contributed by atoms with van der Waals surface area (Å²) in [5.41, 5.74) is 0. The number of ether oxygens (including phenoxy) is 1. The molecular weight excluding hydrogens is 378 g/mol. The minimum Gasteiger partial charge on any atom is -0.439 e. The van der Waals surface area contributed by atoms with Gasteiger partial charge in [0.1, 0.15) is 10.6 Å². The van der Waals surface area contributed by atoms with Crippen LogP contribution in [0.2, 0.25) is 0 Å². The van der Waals surface area contributed by atoms with Crippen molar-refractivity contribution in [2.24, 2.45) is 5.92 Å². The van der Waals surface area contributed by atoms with Gasteiger partial charge >= 0.3 is 0 Å². The van der Waals surface area contributed by atoms with Crippen molar-refractivity contribution in [2.75, 3.05) is 19.6 Å². The van der Waals surface area contributed by atoms with Gasteiger partial charge in [0.15, 0.2) is 0 Å². The molecule has 1 aromatic carbocycles. The Balaban J connectivity index is 1.59. The number of aromatic nitrogens is 1. The smallest absolute Gasteiger partial charge is 0.244 e. The molecule has 1 amide bonds. The average molecular weight is 401 g/mol. The molecule has 0 bridgehead atoms. The zero-order valence-electron chi connectivity index (χ0n) is 15.5. The first-order chi connectivity index (χ1) is 13.5. The number of sulfonamides is 1. The van der Waals surface area contributed by atoms with Gasteiger partial charge < -0.3 is 10.1 Å². The second-order valence-corrected chi connectivity index (χ2v) is 8.48. The molecule has 0 radical (unpaired) electrons. The van der Waals surface area contributed by atoms with Crippen LogP contribution in [0.15, 0.2) is 66.2 Å². The molecule has 1 fully saturated rings. The van der Waals surface area contributed by atoms with Crippen molar-refractivity contribution in [3.05, 3.63) is 61.3 Å². The molecule has 1 aromatic heterocycles. The lowest BCUT2D eigenvalue weighted by Gasteiger charge is -2.31. The minimum absolute atomic E-state index is 0.145. The van der Waals surface area contributed by atoms with Gasteiger partial charge in [-0.2, -0.15) is 4.31 Å². The maximum atomic E-state index is 12.8. The molecule has 8 heteroatoms. The minimum atomic E-state index is -3.60. The van der Waals surface area contributed by atoms with Crippen LogP contribution in [0.5, 0.6) is 11.6 Å². The molecule has 1 aliphatic rings. The Kier molecular flexibility index (Phi) is 6.43. The molecule has 0 aliphatic carbocycles. The maximum Gasteiger partial charge on any atom is 0.244 e. The molecular formula is C20H23N3O4S. The Labute approximate surface area is 165 Å². The third kappa shape index (κ3) is 4.96. The lowest BCUT2D eigenvalue weighted by atomic mass is 9.98. The number of hydrogen-bond acceptors (Lipinski definition) is 5. The molecule has 1 N–H and O–H groups in total. The Bertz CT molecular complexity index is 906. The van der Waals surface area contributed by atoms with Gasteiger partial charge in [0.25, 0.3) is 0 Å². The highest BCUT2D eigenvalue weighted by molar-refractivity contribution is 7.89. The van der Waals surface area contributed by atoms with Crippen LogP contribution in [-0.2, 0) is 14.8 Å². The molecule has 28 heavy (non-hydrogen) atoms. The number of nitrogens with zero attached hydrogens (tertiary/aromatic N) is 2. The molecule has 2 heterocycles. The van der Waals surface area contributed by atoms with Crippen LogP contribution in [0.3, 0.4) is 0 Å². The first-order valence-electron chi connectivity index (χ1n) is 9.08. The molecule has 3 rings (SSSR count). The molecule has 7 nitrogen and oxygen atoms in total. The van der Waals surface area contributed by atoms with Gasteiger partial charge in [-0.1, -0.05) is 24.8 Å². The van der Waals surface area contributed by atoms with Crippen molar-refractivity contribution >= 4 is 15.9 Å². The first-order valence-corrected chi connectivity index (χ1v) is 10.5. The van der Waals surface area contributed by atoms with Crippen LogP contribution < -0.4 is 10.1 Å². The van der Waals surface area contributed by atoms with Crippen molar-refractivity contribution in [1.29, 1.82) is 0 Å². The predicted octanol–water partition coefficient (Wildman–Crippen LogP) is 2.58. The van der Waals surface area contributed by atoms with Crippen molar-refractivity contribution in [3.8, 4) is 11.6 Å². The van der Waals surface area contributed by atoms with Gasteiger partial charge in [-0.15, -0.1) is 0 Å². The lowest BCUT2D eigenvalue weighted by Crippen LogP contribution is -2.41. The van der Waals surface area contributed by atoms with E-state index < -0.39 is 10.0 Å². The van der Waals surface area contributed by atoms with Crippen molar-refractivity contribution in [2.45, 2.75) is 17.7 Å². The van der Waals surface area contributed by atoms with E-state index in [9.17, 15) is 13.2 Å². The summed E-state index contributed by atoms with van der Waals surface area (Å²) in [5, 5.41) is 2.76. The fraction of sp³-hybridized carbons (Fsp3) is 0.300.